The van der Waals surface area contributed by atoms with Gasteiger partial charge in [0, 0.05) is 17.6 Å². The highest BCUT2D eigenvalue weighted by Crippen LogP contribution is 2.27. The summed E-state index contributed by atoms with van der Waals surface area (Å²) in [4.78, 5) is 13.7. The molecule has 0 aliphatic heterocycles. The standard InChI is InChI=1S/C19H17Cl2N3O3/c1-12-3-5-13(6-4-12)19-23-22-17(27-19)10-24(2)18(25)11-26-16-8-7-14(20)9-15(16)21/h3-9H,10-11H2,1-2H3. The van der Waals surface area contributed by atoms with E-state index in [9.17, 15) is 4.79 Å². The van der Waals surface area contributed by atoms with Crippen LogP contribution in [0.2, 0.25) is 10.0 Å². The van der Waals surface area contributed by atoms with Crippen LogP contribution in [0.4, 0.5) is 0 Å². The number of benzene rings is 2. The molecule has 140 valence electrons. The molecule has 0 unspecified atom stereocenters. The van der Waals surface area contributed by atoms with Crippen LogP contribution in [-0.4, -0.2) is 34.7 Å². The average Bonchev–Trinajstić information content (AvgIpc) is 3.09. The van der Waals surface area contributed by atoms with Crippen molar-refractivity contribution < 1.29 is 13.9 Å². The van der Waals surface area contributed by atoms with Crippen LogP contribution in [-0.2, 0) is 11.3 Å². The zero-order valence-electron chi connectivity index (χ0n) is 14.8. The maximum atomic E-state index is 12.3. The van der Waals surface area contributed by atoms with E-state index in [0.717, 1.165) is 11.1 Å². The first-order chi connectivity index (χ1) is 12.9. The highest BCUT2D eigenvalue weighted by Gasteiger charge is 2.16. The molecule has 2 aromatic carbocycles. The van der Waals surface area contributed by atoms with Gasteiger partial charge in [-0.05, 0) is 37.3 Å². The van der Waals surface area contributed by atoms with E-state index in [1.165, 1.54) is 4.90 Å². The van der Waals surface area contributed by atoms with Crippen LogP contribution in [0.3, 0.4) is 0 Å². The maximum absolute atomic E-state index is 12.3. The summed E-state index contributed by atoms with van der Waals surface area (Å²) in [5.41, 5.74) is 1.97. The van der Waals surface area contributed by atoms with Gasteiger partial charge in [0.1, 0.15) is 5.75 Å². The minimum Gasteiger partial charge on any atom is -0.482 e. The molecule has 0 aliphatic rings. The number of hydrogen-bond acceptors (Lipinski definition) is 5. The Morgan fingerprint density at radius 3 is 2.59 bits per heavy atom. The summed E-state index contributed by atoms with van der Waals surface area (Å²) in [5.74, 6) is 0.888. The lowest BCUT2D eigenvalue weighted by Gasteiger charge is -2.15. The smallest absolute Gasteiger partial charge is 0.260 e. The summed E-state index contributed by atoms with van der Waals surface area (Å²) in [6.45, 7) is 2.01. The van der Waals surface area contributed by atoms with E-state index in [-0.39, 0.29) is 19.1 Å². The maximum Gasteiger partial charge on any atom is 0.260 e. The van der Waals surface area contributed by atoms with Crippen LogP contribution in [0.15, 0.2) is 46.9 Å². The van der Waals surface area contributed by atoms with Crippen molar-refractivity contribution in [2.45, 2.75) is 13.5 Å². The monoisotopic (exact) mass is 405 g/mol. The number of amides is 1. The van der Waals surface area contributed by atoms with E-state index < -0.39 is 0 Å². The van der Waals surface area contributed by atoms with E-state index >= 15 is 0 Å². The Hall–Kier alpha value is -2.57. The van der Waals surface area contributed by atoms with Crippen molar-refractivity contribution in [2.75, 3.05) is 13.7 Å². The number of rotatable bonds is 6. The molecule has 0 aliphatic carbocycles. The van der Waals surface area contributed by atoms with Crippen molar-refractivity contribution in [2.24, 2.45) is 0 Å². The van der Waals surface area contributed by atoms with Gasteiger partial charge in [0.2, 0.25) is 11.8 Å². The Morgan fingerprint density at radius 2 is 1.89 bits per heavy atom. The highest BCUT2D eigenvalue weighted by molar-refractivity contribution is 6.35. The third-order valence-corrected chi connectivity index (χ3v) is 4.34. The molecule has 0 N–H and O–H groups in total. The second-order valence-corrected chi connectivity index (χ2v) is 6.82. The van der Waals surface area contributed by atoms with Gasteiger partial charge in [-0.15, -0.1) is 10.2 Å². The fourth-order valence-corrected chi connectivity index (χ4v) is 2.73. The number of ether oxygens (including phenoxy) is 1. The van der Waals surface area contributed by atoms with Crippen molar-refractivity contribution in [3.05, 3.63) is 64.0 Å². The molecule has 0 radical (unpaired) electrons. The van der Waals surface area contributed by atoms with E-state index in [2.05, 4.69) is 10.2 Å². The summed E-state index contributed by atoms with van der Waals surface area (Å²) in [6.07, 6.45) is 0. The van der Waals surface area contributed by atoms with E-state index in [1.807, 2.05) is 31.2 Å². The predicted molar refractivity (Wildman–Crippen MR) is 103 cm³/mol. The van der Waals surface area contributed by atoms with Gasteiger partial charge >= 0.3 is 0 Å². The van der Waals surface area contributed by atoms with Crippen LogP contribution >= 0.6 is 23.2 Å². The van der Waals surface area contributed by atoms with E-state index in [0.29, 0.717) is 27.6 Å². The first kappa shape index (κ1) is 19.2. The molecule has 8 heteroatoms. The number of aryl methyl sites for hydroxylation is 1. The van der Waals surface area contributed by atoms with E-state index in [1.54, 1.807) is 25.2 Å². The molecule has 0 bridgehead atoms. The van der Waals surface area contributed by atoms with Crippen molar-refractivity contribution >= 4 is 29.1 Å². The molecule has 0 spiro atoms. The molecule has 1 aromatic heterocycles. The number of aromatic nitrogens is 2. The molecule has 1 amide bonds. The first-order valence-electron chi connectivity index (χ1n) is 8.13. The van der Waals surface area contributed by atoms with Crippen LogP contribution in [0.25, 0.3) is 11.5 Å². The predicted octanol–water partition coefficient (Wildman–Crippen LogP) is 4.39. The zero-order chi connectivity index (χ0) is 19.4. The van der Waals surface area contributed by atoms with Gasteiger partial charge in [0.25, 0.3) is 5.91 Å². The topological polar surface area (TPSA) is 68.5 Å². The van der Waals surface area contributed by atoms with Crippen molar-refractivity contribution in [1.29, 1.82) is 0 Å². The molecule has 3 rings (SSSR count). The summed E-state index contributed by atoms with van der Waals surface area (Å²) in [7, 11) is 1.63. The summed E-state index contributed by atoms with van der Waals surface area (Å²) in [6, 6.07) is 12.6. The molecule has 0 saturated heterocycles. The minimum atomic E-state index is -0.254. The van der Waals surface area contributed by atoms with Crippen LogP contribution < -0.4 is 4.74 Å². The number of hydrogen-bond donors (Lipinski definition) is 0. The Bertz CT molecular complexity index is 942. The fourth-order valence-electron chi connectivity index (χ4n) is 2.26. The van der Waals surface area contributed by atoms with Gasteiger partial charge in [0.05, 0.1) is 11.6 Å². The lowest BCUT2D eigenvalue weighted by Crippen LogP contribution is -2.31. The molecule has 0 saturated carbocycles. The number of halogens is 2. The van der Waals surface area contributed by atoms with Gasteiger partial charge in [-0.2, -0.15) is 0 Å². The normalized spacial score (nSPS) is 10.7. The Morgan fingerprint density at radius 1 is 1.15 bits per heavy atom. The number of likely N-dealkylation sites (N-methyl/N-ethyl adjacent to an activating group) is 1. The van der Waals surface area contributed by atoms with Gasteiger partial charge in [-0.25, -0.2) is 0 Å². The van der Waals surface area contributed by atoms with Crippen molar-refractivity contribution in [3.8, 4) is 17.2 Å². The molecular formula is C19H17Cl2N3O3. The Kier molecular flexibility index (Phi) is 5.98. The summed E-state index contributed by atoms with van der Waals surface area (Å²) >= 11 is 11.9. The largest absolute Gasteiger partial charge is 0.482 e. The average molecular weight is 406 g/mol. The van der Waals surface area contributed by atoms with Crippen LogP contribution in [0, 0.1) is 6.92 Å². The third-order valence-electron chi connectivity index (χ3n) is 3.81. The lowest BCUT2D eigenvalue weighted by atomic mass is 10.1. The molecule has 3 aromatic rings. The number of carbonyl (C=O) groups excluding carboxylic acids is 1. The van der Waals surface area contributed by atoms with Crippen molar-refractivity contribution in [3.63, 3.8) is 0 Å². The molecule has 0 atom stereocenters. The van der Waals surface area contributed by atoms with Gasteiger partial charge < -0.3 is 14.1 Å². The summed E-state index contributed by atoms with van der Waals surface area (Å²) < 4.78 is 11.1. The second-order valence-electron chi connectivity index (χ2n) is 5.98. The third kappa shape index (κ3) is 4.99. The van der Waals surface area contributed by atoms with Crippen LogP contribution in [0.5, 0.6) is 5.75 Å². The zero-order valence-corrected chi connectivity index (χ0v) is 16.3. The van der Waals surface area contributed by atoms with Crippen molar-refractivity contribution in [1.82, 2.24) is 15.1 Å². The molecule has 6 nitrogen and oxygen atoms in total. The minimum absolute atomic E-state index is 0.170. The lowest BCUT2D eigenvalue weighted by molar-refractivity contribution is -0.132. The van der Waals surface area contributed by atoms with Gasteiger partial charge in [-0.3, -0.25) is 4.79 Å². The molecule has 1 heterocycles. The van der Waals surface area contributed by atoms with Gasteiger partial charge in [0.15, 0.2) is 6.61 Å². The number of carbonyl (C=O) groups is 1. The first-order valence-corrected chi connectivity index (χ1v) is 8.89. The highest BCUT2D eigenvalue weighted by atomic mass is 35.5. The summed E-state index contributed by atoms with van der Waals surface area (Å²) in [5, 5.41) is 8.86. The molecule has 0 fully saturated rings. The Balaban J connectivity index is 1.57. The quantitative estimate of drug-likeness (QED) is 0.608. The fraction of sp³-hybridized carbons (Fsp3) is 0.211. The molecule has 27 heavy (non-hydrogen) atoms. The second kappa shape index (κ2) is 8.41. The SMILES string of the molecule is Cc1ccc(-c2nnc(CN(C)C(=O)COc3ccc(Cl)cc3Cl)o2)cc1. The van der Waals surface area contributed by atoms with Gasteiger partial charge in [-0.1, -0.05) is 40.9 Å². The van der Waals surface area contributed by atoms with E-state index in [4.69, 9.17) is 32.4 Å². The number of nitrogens with zero attached hydrogens (tertiary/aromatic N) is 3. The molecular weight excluding hydrogens is 389 g/mol. The Labute approximate surface area is 166 Å². The van der Waals surface area contributed by atoms with Crippen LogP contribution in [0.1, 0.15) is 11.5 Å².